The monoisotopic (exact) mass is 358 g/mol. The van der Waals surface area contributed by atoms with Crippen LogP contribution in [0, 0.1) is 13.8 Å². The molecule has 0 bridgehead atoms. The number of hydrazine groups is 1. The van der Waals surface area contributed by atoms with Crippen molar-refractivity contribution in [2.24, 2.45) is 0 Å². The van der Waals surface area contributed by atoms with Crippen molar-refractivity contribution >= 4 is 34.6 Å². The molecule has 0 atom stereocenters. The van der Waals surface area contributed by atoms with Gasteiger partial charge in [-0.1, -0.05) is 6.07 Å². The maximum absolute atomic E-state index is 11.8. The van der Waals surface area contributed by atoms with Gasteiger partial charge in [0.05, 0.1) is 13.7 Å². The lowest BCUT2D eigenvalue weighted by atomic mass is 10.1. The Kier molecular flexibility index (Phi) is 6.59. The number of carbonyl (C=O) groups is 1. The Morgan fingerprint density at radius 3 is 2.32 bits per heavy atom. The molecule has 0 unspecified atom stereocenters. The second-order valence-corrected chi connectivity index (χ2v) is 5.92. The van der Waals surface area contributed by atoms with Gasteiger partial charge < -0.3 is 15.4 Å². The van der Waals surface area contributed by atoms with Crippen LogP contribution in [0.5, 0.6) is 5.75 Å². The Hall–Kier alpha value is -2.80. The molecule has 2 aromatic carbocycles. The Morgan fingerprint density at radius 1 is 1.00 bits per heavy atom. The third kappa shape index (κ3) is 5.96. The lowest BCUT2D eigenvalue weighted by Crippen LogP contribution is -2.45. The van der Waals surface area contributed by atoms with Crippen molar-refractivity contribution in [3.63, 3.8) is 0 Å². The molecule has 132 valence electrons. The molecule has 0 radical (unpaired) electrons. The second-order valence-electron chi connectivity index (χ2n) is 5.51. The molecule has 0 spiro atoms. The summed E-state index contributed by atoms with van der Waals surface area (Å²) in [5, 5.41) is 6.36. The lowest BCUT2D eigenvalue weighted by molar-refractivity contribution is -0.119. The molecule has 6 nitrogen and oxygen atoms in total. The van der Waals surface area contributed by atoms with Gasteiger partial charge in [0, 0.05) is 11.4 Å². The average molecular weight is 358 g/mol. The normalized spacial score (nSPS) is 9.88. The highest BCUT2D eigenvalue weighted by Gasteiger charge is 2.03. The summed E-state index contributed by atoms with van der Waals surface area (Å²) in [6, 6.07) is 13.3. The number of amides is 1. The summed E-state index contributed by atoms with van der Waals surface area (Å²) in [6.45, 7) is 4.20. The molecule has 7 heteroatoms. The molecule has 0 aromatic heterocycles. The van der Waals surface area contributed by atoms with Crippen LogP contribution in [-0.2, 0) is 4.79 Å². The van der Waals surface area contributed by atoms with Crippen molar-refractivity contribution in [2.45, 2.75) is 13.8 Å². The first-order valence-corrected chi connectivity index (χ1v) is 8.20. The molecule has 0 fully saturated rings. The van der Waals surface area contributed by atoms with Crippen LogP contribution in [0.15, 0.2) is 42.5 Å². The topological polar surface area (TPSA) is 74.4 Å². The highest BCUT2D eigenvalue weighted by molar-refractivity contribution is 7.80. The zero-order chi connectivity index (χ0) is 18.2. The van der Waals surface area contributed by atoms with Crippen LogP contribution >= 0.6 is 12.2 Å². The minimum Gasteiger partial charge on any atom is -0.497 e. The zero-order valence-corrected chi connectivity index (χ0v) is 15.3. The Bertz CT molecular complexity index is 747. The van der Waals surface area contributed by atoms with E-state index in [9.17, 15) is 4.79 Å². The van der Waals surface area contributed by atoms with Crippen LogP contribution in [0.1, 0.15) is 11.1 Å². The number of nitrogens with one attached hydrogen (secondary N) is 4. The zero-order valence-electron chi connectivity index (χ0n) is 14.5. The number of aryl methyl sites for hydroxylation is 2. The van der Waals surface area contributed by atoms with Crippen LogP contribution < -0.4 is 26.2 Å². The number of methoxy groups -OCH3 is 1. The number of hydrogen-bond donors (Lipinski definition) is 4. The van der Waals surface area contributed by atoms with Crippen LogP contribution in [0.25, 0.3) is 0 Å². The Balaban J connectivity index is 1.73. The van der Waals surface area contributed by atoms with E-state index in [1.165, 1.54) is 11.1 Å². The van der Waals surface area contributed by atoms with Crippen molar-refractivity contribution in [2.75, 3.05) is 24.3 Å². The fraction of sp³-hybridized carbons (Fsp3) is 0.222. The van der Waals surface area contributed by atoms with Gasteiger partial charge in [-0.05, 0) is 73.6 Å². The summed E-state index contributed by atoms with van der Waals surface area (Å²) in [5.41, 5.74) is 9.29. The first kappa shape index (κ1) is 18.5. The molecule has 4 N–H and O–H groups in total. The third-order valence-electron chi connectivity index (χ3n) is 3.62. The van der Waals surface area contributed by atoms with Gasteiger partial charge in [-0.2, -0.15) is 0 Å². The molecule has 0 saturated carbocycles. The van der Waals surface area contributed by atoms with Crippen LogP contribution in [0.4, 0.5) is 11.4 Å². The van der Waals surface area contributed by atoms with E-state index >= 15 is 0 Å². The maximum atomic E-state index is 11.8. The number of benzene rings is 2. The molecule has 25 heavy (non-hydrogen) atoms. The lowest BCUT2D eigenvalue weighted by Gasteiger charge is -2.13. The predicted octanol–water partition coefficient (Wildman–Crippen LogP) is 2.74. The largest absolute Gasteiger partial charge is 0.497 e. The fourth-order valence-corrected chi connectivity index (χ4v) is 2.21. The summed E-state index contributed by atoms with van der Waals surface area (Å²) in [6.07, 6.45) is 0. The second kappa shape index (κ2) is 8.89. The molecule has 2 aromatic rings. The molecular formula is C18H22N4O2S. The summed E-state index contributed by atoms with van der Waals surface area (Å²) in [5.74, 6) is 0.527. The van der Waals surface area contributed by atoms with E-state index < -0.39 is 0 Å². The van der Waals surface area contributed by atoms with Gasteiger partial charge in [0.15, 0.2) is 5.11 Å². The first-order chi connectivity index (χ1) is 12.0. The van der Waals surface area contributed by atoms with Crippen LogP contribution in [-0.4, -0.2) is 24.7 Å². The van der Waals surface area contributed by atoms with E-state index in [1.54, 1.807) is 7.11 Å². The molecular weight excluding hydrogens is 336 g/mol. The van der Waals surface area contributed by atoms with Gasteiger partial charge in [0.1, 0.15) is 5.75 Å². The summed E-state index contributed by atoms with van der Waals surface area (Å²) < 4.78 is 5.08. The molecule has 0 saturated heterocycles. The SMILES string of the molecule is COc1ccc(NCC(=O)NNC(=S)Nc2ccc(C)c(C)c2)cc1. The highest BCUT2D eigenvalue weighted by Crippen LogP contribution is 2.15. The molecule has 0 aliphatic heterocycles. The Morgan fingerprint density at radius 2 is 1.68 bits per heavy atom. The maximum Gasteiger partial charge on any atom is 0.257 e. The smallest absolute Gasteiger partial charge is 0.257 e. The minimum atomic E-state index is -0.236. The van der Waals surface area contributed by atoms with E-state index in [0.717, 1.165) is 17.1 Å². The van der Waals surface area contributed by atoms with E-state index in [1.807, 2.05) is 56.3 Å². The summed E-state index contributed by atoms with van der Waals surface area (Å²) in [4.78, 5) is 11.8. The van der Waals surface area contributed by atoms with Gasteiger partial charge in [0.25, 0.3) is 5.91 Å². The van der Waals surface area contributed by atoms with Crippen LogP contribution in [0.2, 0.25) is 0 Å². The number of hydrogen-bond acceptors (Lipinski definition) is 4. The summed E-state index contributed by atoms with van der Waals surface area (Å²) >= 11 is 5.16. The van der Waals surface area contributed by atoms with E-state index in [-0.39, 0.29) is 12.5 Å². The van der Waals surface area contributed by atoms with Crippen molar-refractivity contribution in [3.8, 4) is 5.75 Å². The van der Waals surface area contributed by atoms with Crippen molar-refractivity contribution in [1.29, 1.82) is 0 Å². The van der Waals surface area contributed by atoms with Crippen molar-refractivity contribution < 1.29 is 9.53 Å². The first-order valence-electron chi connectivity index (χ1n) is 7.79. The van der Waals surface area contributed by atoms with E-state index in [0.29, 0.717) is 5.11 Å². The highest BCUT2D eigenvalue weighted by atomic mass is 32.1. The Labute approximate surface area is 152 Å². The number of anilines is 2. The fourth-order valence-electron chi connectivity index (χ4n) is 2.04. The standard InChI is InChI=1S/C18H22N4O2S/c1-12-4-5-15(10-13(12)2)20-18(25)22-21-17(23)11-19-14-6-8-16(24-3)9-7-14/h4-10,19H,11H2,1-3H3,(H,21,23)(H2,20,22,25). The molecule has 0 aliphatic carbocycles. The van der Waals surface area contributed by atoms with Gasteiger partial charge in [0.2, 0.25) is 0 Å². The number of carbonyl (C=O) groups excluding carboxylic acids is 1. The molecule has 1 amide bonds. The third-order valence-corrected chi connectivity index (χ3v) is 3.83. The minimum absolute atomic E-state index is 0.117. The van der Waals surface area contributed by atoms with Gasteiger partial charge >= 0.3 is 0 Å². The van der Waals surface area contributed by atoms with E-state index in [2.05, 4.69) is 21.5 Å². The number of rotatable bonds is 5. The quantitative estimate of drug-likeness (QED) is 0.487. The molecule has 2 rings (SSSR count). The van der Waals surface area contributed by atoms with Gasteiger partial charge in [-0.3, -0.25) is 15.6 Å². The van der Waals surface area contributed by atoms with Gasteiger partial charge in [-0.25, -0.2) is 0 Å². The summed E-state index contributed by atoms with van der Waals surface area (Å²) in [7, 11) is 1.61. The van der Waals surface area contributed by atoms with E-state index in [4.69, 9.17) is 17.0 Å². The average Bonchev–Trinajstić information content (AvgIpc) is 2.61. The number of thiocarbonyl (C=S) groups is 1. The van der Waals surface area contributed by atoms with Gasteiger partial charge in [-0.15, -0.1) is 0 Å². The molecule has 0 aliphatic rings. The van der Waals surface area contributed by atoms with Crippen molar-refractivity contribution in [3.05, 3.63) is 53.6 Å². The predicted molar refractivity (Wildman–Crippen MR) is 105 cm³/mol. The number of ether oxygens (including phenoxy) is 1. The molecule has 0 heterocycles. The van der Waals surface area contributed by atoms with Crippen molar-refractivity contribution in [1.82, 2.24) is 10.9 Å². The van der Waals surface area contributed by atoms with Crippen LogP contribution in [0.3, 0.4) is 0 Å².